The van der Waals surface area contributed by atoms with E-state index in [0.29, 0.717) is 23.8 Å². The SMILES string of the molecule is [C-]#[N+]C[C@H](C1CCCC1)n1cc(-c2ncnc3c2ccn3COC2=C(C(=O)Nc3ccccn3)N(C)S(=O)(=O)c3ccccc32)cn1. The Hall–Kier alpha value is -5.55. The van der Waals surface area contributed by atoms with Crippen LogP contribution >= 0.6 is 0 Å². The second kappa shape index (κ2) is 12.3. The number of carbonyl (C=O) groups excluding carboxylic acids is 1. The number of anilines is 1. The summed E-state index contributed by atoms with van der Waals surface area (Å²) in [6.45, 7) is 7.79. The molecule has 0 bridgehead atoms. The third-order valence-electron chi connectivity index (χ3n) is 8.76. The van der Waals surface area contributed by atoms with E-state index < -0.39 is 15.9 Å². The second-order valence-electron chi connectivity index (χ2n) is 11.5. The summed E-state index contributed by atoms with van der Waals surface area (Å²) in [5.41, 5.74) is 2.18. The zero-order chi connectivity index (χ0) is 32.5. The van der Waals surface area contributed by atoms with Crippen LogP contribution in [0.25, 0.3) is 32.9 Å². The molecule has 0 saturated heterocycles. The molecule has 1 aromatic carbocycles. The van der Waals surface area contributed by atoms with Gasteiger partial charge in [-0.3, -0.25) is 18.3 Å². The van der Waals surface area contributed by atoms with Crippen molar-refractivity contribution in [3.63, 3.8) is 0 Å². The summed E-state index contributed by atoms with van der Waals surface area (Å²) in [7, 11) is -2.71. The smallest absolute Gasteiger partial charge is 0.277 e. The van der Waals surface area contributed by atoms with Crippen molar-refractivity contribution in [2.24, 2.45) is 5.92 Å². The zero-order valence-electron chi connectivity index (χ0n) is 25.5. The number of nitrogens with one attached hydrogen (secondary N) is 1. The molecule has 0 unspecified atom stereocenters. The Bertz CT molecular complexity index is 2150. The van der Waals surface area contributed by atoms with Gasteiger partial charge in [0, 0.05) is 42.2 Å². The van der Waals surface area contributed by atoms with E-state index in [4.69, 9.17) is 11.3 Å². The molecule has 47 heavy (non-hydrogen) atoms. The molecule has 1 aliphatic carbocycles. The molecule has 14 heteroatoms. The lowest BCUT2D eigenvalue weighted by Crippen LogP contribution is -2.37. The van der Waals surface area contributed by atoms with Crippen LogP contribution in [0, 0.1) is 12.5 Å². The minimum Gasteiger partial charge on any atom is -0.470 e. The highest BCUT2D eigenvalue weighted by Crippen LogP contribution is 2.38. The van der Waals surface area contributed by atoms with Gasteiger partial charge in [-0.05, 0) is 49.1 Å². The summed E-state index contributed by atoms with van der Waals surface area (Å²) < 4.78 is 37.8. The summed E-state index contributed by atoms with van der Waals surface area (Å²) in [6, 6.07) is 13.4. The molecule has 0 radical (unpaired) electrons. The van der Waals surface area contributed by atoms with Gasteiger partial charge in [-0.1, -0.05) is 31.0 Å². The van der Waals surface area contributed by atoms with Crippen LogP contribution in [0.1, 0.15) is 37.3 Å². The van der Waals surface area contributed by atoms with Crippen LogP contribution in [-0.4, -0.2) is 61.5 Å². The average molecular weight is 650 g/mol. The average Bonchev–Trinajstić information content (AvgIpc) is 3.87. The van der Waals surface area contributed by atoms with E-state index in [1.54, 1.807) is 53.4 Å². The monoisotopic (exact) mass is 649 g/mol. The first-order chi connectivity index (χ1) is 22.9. The molecule has 1 N–H and O–H groups in total. The van der Waals surface area contributed by atoms with Gasteiger partial charge < -0.3 is 14.9 Å². The summed E-state index contributed by atoms with van der Waals surface area (Å²) >= 11 is 0. The van der Waals surface area contributed by atoms with E-state index in [0.717, 1.165) is 28.1 Å². The van der Waals surface area contributed by atoms with E-state index in [1.807, 2.05) is 16.9 Å². The highest BCUT2D eigenvalue weighted by molar-refractivity contribution is 7.89. The van der Waals surface area contributed by atoms with Gasteiger partial charge in [0.1, 0.15) is 23.8 Å². The lowest BCUT2D eigenvalue weighted by atomic mass is 9.98. The molecular formula is C33H31N9O4S. The number of nitrogens with zero attached hydrogens (tertiary/aromatic N) is 8. The van der Waals surface area contributed by atoms with Crippen molar-refractivity contribution >= 4 is 38.5 Å². The largest absolute Gasteiger partial charge is 0.470 e. The summed E-state index contributed by atoms with van der Waals surface area (Å²) in [5, 5.41) is 8.09. The van der Waals surface area contributed by atoms with E-state index in [-0.39, 0.29) is 40.5 Å². The Morgan fingerprint density at radius 3 is 2.70 bits per heavy atom. The van der Waals surface area contributed by atoms with E-state index in [2.05, 4.69) is 30.2 Å². The van der Waals surface area contributed by atoms with Crippen LogP contribution in [-0.2, 0) is 26.3 Å². The molecule has 1 aliphatic heterocycles. The van der Waals surface area contributed by atoms with Crippen LogP contribution in [0.15, 0.2) is 90.2 Å². The fraction of sp³-hybridized carbons (Fsp3) is 0.273. The van der Waals surface area contributed by atoms with Crippen molar-refractivity contribution < 1.29 is 17.9 Å². The van der Waals surface area contributed by atoms with E-state index >= 15 is 0 Å². The topological polar surface area (TPSA) is 141 Å². The molecule has 1 atom stereocenters. The summed E-state index contributed by atoms with van der Waals surface area (Å²) in [6.07, 6.45) is 13.1. The van der Waals surface area contributed by atoms with Gasteiger partial charge in [-0.2, -0.15) is 5.10 Å². The van der Waals surface area contributed by atoms with Crippen LogP contribution in [0.3, 0.4) is 0 Å². The van der Waals surface area contributed by atoms with Crippen molar-refractivity contribution in [2.45, 2.75) is 43.4 Å². The van der Waals surface area contributed by atoms with Gasteiger partial charge in [-0.15, -0.1) is 0 Å². The van der Waals surface area contributed by atoms with Crippen LogP contribution < -0.4 is 5.32 Å². The lowest BCUT2D eigenvalue weighted by molar-refractivity contribution is -0.113. The molecule has 5 aromatic rings. The van der Waals surface area contributed by atoms with Gasteiger partial charge in [-0.25, -0.2) is 29.9 Å². The van der Waals surface area contributed by atoms with Gasteiger partial charge in [0.05, 0.1) is 16.8 Å². The maximum absolute atomic E-state index is 13.6. The number of aromatic nitrogens is 6. The van der Waals surface area contributed by atoms with Crippen molar-refractivity contribution in [2.75, 3.05) is 18.9 Å². The van der Waals surface area contributed by atoms with E-state index in [1.165, 1.54) is 38.5 Å². The predicted octanol–water partition coefficient (Wildman–Crippen LogP) is 4.96. The predicted molar refractivity (Wildman–Crippen MR) is 173 cm³/mol. The number of hydrogen-bond acceptors (Lipinski definition) is 8. The summed E-state index contributed by atoms with van der Waals surface area (Å²) in [5.74, 6) is 0.111. The van der Waals surface area contributed by atoms with Crippen LogP contribution in [0.5, 0.6) is 0 Å². The Morgan fingerprint density at radius 2 is 1.91 bits per heavy atom. The number of fused-ring (bicyclic) bond motifs is 2. The van der Waals surface area contributed by atoms with Crippen LogP contribution in [0.2, 0.25) is 0 Å². The quantitative estimate of drug-likeness (QED) is 0.221. The van der Waals surface area contributed by atoms with Gasteiger partial charge in [0.2, 0.25) is 6.54 Å². The third kappa shape index (κ3) is 5.48. The number of amides is 1. The standard InChI is InChI=1S/C33H31N9O4S/c1-34-18-26(22-9-3-4-10-22)42-19-23(17-38-42)29-25-14-16-41(32(25)37-20-36-29)21-46-31-24-11-5-6-12-27(24)47(44,45)40(2)30(31)33(43)39-28-13-7-8-15-35-28/h5-8,11-17,19-20,22,26H,3-4,9-10,18,21H2,2H3,(H,35,39,43)/t26-/m1/s1. The number of rotatable bonds is 9. The zero-order valence-corrected chi connectivity index (χ0v) is 26.3. The van der Waals surface area contributed by atoms with Gasteiger partial charge in [0.25, 0.3) is 15.9 Å². The van der Waals surface area contributed by atoms with Crippen LogP contribution in [0.4, 0.5) is 5.82 Å². The Morgan fingerprint density at radius 1 is 1.11 bits per heavy atom. The number of pyridine rings is 1. The highest BCUT2D eigenvalue weighted by Gasteiger charge is 2.39. The molecule has 2 aliphatic rings. The van der Waals surface area contributed by atoms with E-state index in [9.17, 15) is 13.2 Å². The highest BCUT2D eigenvalue weighted by atomic mass is 32.2. The van der Waals surface area contributed by atoms with Gasteiger partial charge in [0.15, 0.2) is 18.2 Å². The third-order valence-corrected chi connectivity index (χ3v) is 10.6. The van der Waals surface area contributed by atoms with Crippen molar-refractivity contribution in [3.05, 3.63) is 102 Å². The van der Waals surface area contributed by atoms with Crippen molar-refractivity contribution in [3.8, 4) is 11.3 Å². The maximum Gasteiger partial charge on any atom is 0.277 e. The molecule has 13 nitrogen and oxygen atoms in total. The molecule has 5 heterocycles. The Balaban J connectivity index is 1.22. The first kappa shape index (κ1) is 30.1. The Kier molecular flexibility index (Phi) is 7.90. The first-order valence-corrected chi connectivity index (χ1v) is 16.7. The number of likely N-dealkylation sites (N-methyl/N-ethyl adjacent to an activating group) is 1. The van der Waals surface area contributed by atoms with Crippen molar-refractivity contribution in [1.82, 2.24) is 33.6 Å². The summed E-state index contributed by atoms with van der Waals surface area (Å²) in [4.78, 5) is 30.5. The molecule has 238 valence electrons. The molecular weight excluding hydrogens is 618 g/mol. The minimum atomic E-state index is -4.03. The Labute approximate surface area is 271 Å². The molecule has 7 rings (SSSR count). The fourth-order valence-electron chi connectivity index (χ4n) is 6.42. The second-order valence-corrected chi connectivity index (χ2v) is 13.4. The number of sulfonamides is 1. The number of ether oxygens (including phenoxy) is 1. The number of benzene rings is 1. The molecule has 4 aromatic heterocycles. The first-order valence-electron chi connectivity index (χ1n) is 15.2. The molecule has 1 saturated carbocycles. The van der Waals surface area contributed by atoms with Crippen molar-refractivity contribution in [1.29, 1.82) is 0 Å². The normalized spacial score (nSPS) is 16.6. The maximum atomic E-state index is 13.6. The number of hydrogen-bond donors (Lipinski definition) is 1. The minimum absolute atomic E-state index is 0.0248. The molecule has 1 amide bonds. The number of carbonyl (C=O) groups is 1. The lowest BCUT2D eigenvalue weighted by Gasteiger charge is -2.30. The fourth-order valence-corrected chi connectivity index (χ4v) is 7.81. The molecule has 1 fully saturated rings. The molecule has 0 spiro atoms. The van der Waals surface area contributed by atoms with Gasteiger partial charge >= 0.3 is 0 Å².